The molecular formula is C23H40BrCl2N3. The van der Waals surface area contributed by atoms with Crippen molar-refractivity contribution in [1.29, 1.82) is 0 Å². The molecule has 0 unspecified atom stereocenters. The molecule has 0 saturated carbocycles. The number of nitrogens with zero attached hydrogens (tertiary/aromatic N) is 3. The van der Waals surface area contributed by atoms with E-state index in [1.54, 1.807) is 0 Å². The summed E-state index contributed by atoms with van der Waals surface area (Å²) in [5, 5.41) is 1.38. The molecule has 0 aromatic carbocycles. The van der Waals surface area contributed by atoms with Crippen LogP contribution >= 0.6 is 39.1 Å². The number of rotatable bonds is 4. The molecule has 0 bridgehead atoms. The highest BCUT2D eigenvalue weighted by Gasteiger charge is 2.27. The molecule has 29 heavy (non-hydrogen) atoms. The van der Waals surface area contributed by atoms with Crippen molar-refractivity contribution in [3.8, 4) is 0 Å². The maximum Gasteiger partial charge on any atom is 0.157 e. The lowest BCUT2D eigenvalue weighted by atomic mass is 10.1. The predicted molar refractivity (Wildman–Crippen MR) is 138 cm³/mol. The van der Waals surface area contributed by atoms with Crippen molar-refractivity contribution in [2.24, 2.45) is 4.99 Å². The molecule has 0 radical (unpaired) electrons. The topological polar surface area (TPSA) is 18.8 Å². The lowest BCUT2D eigenvalue weighted by Gasteiger charge is -2.35. The third kappa shape index (κ3) is 11.9. The van der Waals surface area contributed by atoms with E-state index in [-0.39, 0.29) is 0 Å². The minimum absolute atomic E-state index is 0.430. The molecule has 0 saturated heterocycles. The van der Waals surface area contributed by atoms with Gasteiger partial charge in [-0.25, -0.2) is 4.99 Å². The van der Waals surface area contributed by atoms with Gasteiger partial charge in [0.15, 0.2) is 5.84 Å². The highest BCUT2D eigenvalue weighted by atomic mass is 79.9. The van der Waals surface area contributed by atoms with E-state index in [9.17, 15) is 0 Å². The summed E-state index contributed by atoms with van der Waals surface area (Å²) in [6.07, 6.45) is 10.3. The van der Waals surface area contributed by atoms with E-state index in [1.165, 1.54) is 17.5 Å². The Morgan fingerprint density at radius 2 is 1.76 bits per heavy atom. The Bertz CT molecular complexity index is 564. The van der Waals surface area contributed by atoms with Crippen molar-refractivity contribution in [2.45, 2.75) is 80.2 Å². The van der Waals surface area contributed by atoms with Crippen LogP contribution in [0.5, 0.6) is 0 Å². The first-order valence-corrected chi connectivity index (χ1v) is 12.5. The van der Waals surface area contributed by atoms with Crippen LogP contribution in [0.4, 0.5) is 0 Å². The van der Waals surface area contributed by atoms with E-state index < -0.39 is 0 Å². The minimum atomic E-state index is 0.430. The first kappa shape index (κ1) is 30.5. The summed E-state index contributed by atoms with van der Waals surface area (Å²) in [5.74, 6) is 0.885. The minimum Gasteiger partial charge on any atom is -0.339 e. The molecule has 2 aliphatic rings. The molecule has 168 valence electrons. The molecule has 2 heterocycles. The number of hydrogen-bond acceptors (Lipinski definition) is 3. The quantitative estimate of drug-likeness (QED) is 0.279. The fourth-order valence-corrected chi connectivity index (χ4v) is 3.31. The molecule has 3 nitrogen and oxygen atoms in total. The number of hydrogen-bond donors (Lipinski definition) is 0. The summed E-state index contributed by atoms with van der Waals surface area (Å²) in [5.41, 5.74) is 3.80. The van der Waals surface area contributed by atoms with Gasteiger partial charge in [0.1, 0.15) is 5.16 Å². The van der Waals surface area contributed by atoms with E-state index in [0.717, 1.165) is 42.7 Å². The monoisotopic (exact) mass is 507 g/mol. The van der Waals surface area contributed by atoms with Crippen molar-refractivity contribution < 1.29 is 0 Å². The van der Waals surface area contributed by atoms with E-state index in [4.69, 9.17) is 23.2 Å². The van der Waals surface area contributed by atoms with Crippen LogP contribution < -0.4 is 0 Å². The van der Waals surface area contributed by atoms with E-state index in [2.05, 4.69) is 78.1 Å². The first-order valence-electron chi connectivity index (χ1n) is 10.6. The van der Waals surface area contributed by atoms with Gasteiger partial charge in [-0.15, -0.1) is 0 Å². The van der Waals surface area contributed by atoms with Crippen molar-refractivity contribution >= 4 is 45.0 Å². The van der Waals surface area contributed by atoms with Crippen molar-refractivity contribution in [1.82, 2.24) is 9.80 Å². The van der Waals surface area contributed by atoms with Gasteiger partial charge >= 0.3 is 0 Å². The Kier molecular flexibility index (Phi) is 20.3. The largest absolute Gasteiger partial charge is 0.339 e. The van der Waals surface area contributed by atoms with Crippen LogP contribution in [0.2, 0.25) is 0 Å². The van der Waals surface area contributed by atoms with Crippen LogP contribution in [0, 0.1) is 0 Å². The molecule has 0 spiro atoms. The zero-order valence-corrected chi connectivity index (χ0v) is 22.4. The molecule has 0 amide bonds. The number of alkyl halides is 1. The average molecular weight is 509 g/mol. The van der Waals surface area contributed by atoms with Gasteiger partial charge in [0, 0.05) is 35.9 Å². The zero-order chi connectivity index (χ0) is 22.8. The summed E-state index contributed by atoms with van der Waals surface area (Å²) in [6.45, 7) is 20.0. The maximum atomic E-state index is 6.19. The predicted octanol–water partition coefficient (Wildman–Crippen LogP) is 8.63. The standard InChI is InChI=1S/C15H22ClN3.C3H4BrCl.C3H8.C2H6/c1-5-13(6-2)19-10-14(16)17-15(12(19)4)18-8-7-11(3)9-18;4-2-1-3-5;1-3-2;1-2/h9-10,13H,4-8H2,1-3H3;1,3H,2H2;3H2,1-2H3;1-2H3/b;3-1+;;. The van der Waals surface area contributed by atoms with Gasteiger partial charge in [-0.05, 0) is 26.2 Å². The smallest absolute Gasteiger partial charge is 0.157 e. The molecule has 0 N–H and O–H groups in total. The molecule has 0 aromatic rings. The SMILES string of the molecule is C=C1C(N2C=C(C)CC2)=NC(Cl)=CN1C(CC)CC.CC.CCC.Cl/C=C/CBr. The molecule has 0 atom stereocenters. The second-order valence-electron chi connectivity index (χ2n) is 6.35. The average Bonchev–Trinajstić information content (AvgIpc) is 3.14. The maximum absolute atomic E-state index is 6.19. The second kappa shape index (κ2) is 19.3. The fraction of sp³-hybridized carbons (Fsp3) is 0.609. The van der Waals surface area contributed by atoms with E-state index >= 15 is 0 Å². The summed E-state index contributed by atoms with van der Waals surface area (Å²) >= 11 is 14.4. The Morgan fingerprint density at radius 3 is 2.10 bits per heavy atom. The van der Waals surface area contributed by atoms with Crippen LogP contribution in [0.25, 0.3) is 0 Å². The highest BCUT2D eigenvalue weighted by molar-refractivity contribution is 9.09. The van der Waals surface area contributed by atoms with Gasteiger partial charge < -0.3 is 9.80 Å². The summed E-state index contributed by atoms with van der Waals surface area (Å²) in [6, 6.07) is 0.430. The summed E-state index contributed by atoms with van der Waals surface area (Å²) < 4.78 is 0. The molecule has 2 rings (SSSR count). The molecule has 6 heteroatoms. The summed E-state index contributed by atoms with van der Waals surface area (Å²) in [4.78, 5) is 8.79. The van der Waals surface area contributed by atoms with Crippen LogP contribution in [0.3, 0.4) is 0 Å². The van der Waals surface area contributed by atoms with Gasteiger partial charge in [0.2, 0.25) is 0 Å². The highest BCUT2D eigenvalue weighted by Crippen LogP contribution is 2.27. The molecule has 0 aliphatic carbocycles. The van der Waals surface area contributed by atoms with Crippen molar-refractivity contribution in [3.63, 3.8) is 0 Å². The third-order valence-corrected chi connectivity index (χ3v) is 4.67. The van der Waals surface area contributed by atoms with Gasteiger partial charge in [-0.2, -0.15) is 0 Å². The van der Waals surface area contributed by atoms with Crippen LogP contribution in [-0.4, -0.2) is 33.6 Å². The van der Waals surface area contributed by atoms with Gasteiger partial charge in [-0.3, -0.25) is 0 Å². The summed E-state index contributed by atoms with van der Waals surface area (Å²) in [7, 11) is 0. The number of halogens is 3. The lowest BCUT2D eigenvalue weighted by Crippen LogP contribution is -2.39. The number of aliphatic imine (C=N–C) groups is 1. The van der Waals surface area contributed by atoms with Gasteiger partial charge in [0.25, 0.3) is 0 Å². The molecule has 2 aliphatic heterocycles. The Hall–Kier alpha value is -0.710. The van der Waals surface area contributed by atoms with E-state index in [0.29, 0.717) is 11.2 Å². The molecule has 0 fully saturated rings. The first-order chi connectivity index (χ1) is 13.9. The third-order valence-electron chi connectivity index (χ3n) is 3.94. The van der Waals surface area contributed by atoms with Crippen molar-refractivity contribution in [3.05, 3.63) is 47.0 Å². The van der Waals surface area contributed by atoms with Gasteiger partial charge in [-0.1, -0.05) is 105 Å². The van der Waals surface area contributed by atoms with Crippen LogP contribution in [0.1, 0.15) is 74.1 Å². The van der Waals surface area contributed by atoms with Crippen LogP contribution in [-0.2, 0) is 0 Å². The molecule has 0 aromatic heterocycles. The Balaban J connectivity index is 0. The molecular weight excluding hydrogens is 469 g/mol. The second-order valence-corrected chi connectivity index (χ2v) is 7.64. The lowest BCUT2D eigenvalue weighted by molar-refractivity contribution is 0.324. The zero-order valence-electron chi connectivity index (χ0n) is 19.3. The fourth-order valence-electron chi connectivity index (χ4n) is 2.63. The van der Waals surface area contributed by atoms with Gasteiger partial charge in [0.05, 0.1) is 5.70 Å². The van der Waals surface area contributed by atoms with Crippen LogP contribution in [0.15, 0.2) is 52.0 Å². The Labute approximate surface area is 198 Å². The number of allylic oxidation sites excluding steroid dienone is 1. The van der Waals surface area contributed by atoms with E-state index in [1.807, 2.05) is 26.1 Å². The van der Waals surface area contributed by atoms with Crippen molar-refractivity contribution in [2.75, 3.05) is 11.9 Å². The number of amidine groups is 1. The Morgan fingerprint density at radius 1 is 1.21 bits per heavy atom. The normalized spacial score (nSPS) is 15.6.